The van der Waals surface area contributed by atoms with Crippen LogP contribution in [-0.2, 0) is 22.7 Å². The Kier molecular flexibility index (Phi) is 6.62. The van der Waals surface area contributed by atoms with Crippen molar-refractivity contribution < 1.29 is 26.0 Å². The largest absolute Gasteiger partial charge is 0.417 e. The van der Waals surface area contributed by atoms with Crippen molar-refractivity contribution in [3.63, 3.8) is 0 Å². The van der Waals surface area contributed by atoms with Gasteiger partial charge < -0.3 is 4.57 Å². The molecule has 1 saturated heterocycles. The third-order valence-corrected chi connectivity index (χ3v) is 9.14. The lowest BCUT2D eigenvalue weighted by Crippen LogP contribution is -2.38. The summed E-state index contributed by atoms with van der Waals surface area (Å²) in [5.41, 5.74) is 2.83. The van der Waals surface area contributed by atoms with Gasteiger partial charge in [-0.2, -0.15) is 17.5 Å². The molecule has 9 heteroatoms. The van der Waals surface area contributed by atoms with Gasteiger partial charge in [0.1, 0.15) is 5.82 Å². The minimum absolute atomic E-state index is 0.0444. The SMILES string of the molecule is Cc1c(C2CCN(S(=O)(=O)c3ccccc3C(F)(F)F)CC2)c2ccccc2n1Cc1cccc(F)c1. The molecule has 1 aromatic heterocycles. The van der Waals surface area contributed by atoms with Crippen LogP contribution in [0.1, 0.15) is 41.1 Å². The Balaban J connectivity index is 1.43. The quantitative estimate of drug-likeness (QED) is 0.269. The minimum atomic E-state index is -4.76. The summed E-state index contributed by atoms with van der Waals surface area (Å²) in [5.74, 6) is -0.254. The Bertz CT molecular complexity index is 1550. The summed E-state index contributed by atoms with van der Waals surface area (Å²) in [5, 5.41) is 1.06. The van der Waals surface area contributed by atoms with Crippen LogP contribution in [0.4, 0.5) is 17.6 Å². The van der Waals surface area contributed by atoms with Gasteiger partial charge in [0, 0.05) is 36.2 Å². The predicted octanol–water partition coefficient (Wildman–Crippen LogP) is 6.72. The highest BCUT2D eigenvalue weighted by atomic mass is 32.2. The van der Waals surface area contributed by atoms with Gasteiger partial charge in [0.2, 0.25) is 10.0 Å². The standard InChI is InChI=1S/C28H26F4N2O2S/c1-19-27(23-9-2-4-11-25(23)34(19)18-20-7-6-8-22(29)17-20)21-13-15-33(16-14-21)37(35,36)26-12-5-3-10-24(26)28(30,31)32/h2-12,17,21H,13-16,18H2,1H3. The Morgan fingerprint density at radius 2 is 1.59 bits per heavy atom. The molecule has 1 aliphatic heterocycles. The Labute approximate surface area is 213 Å². The topological polar surface area (TPSA) is 42.3 Å². The van der Waals surface area contributed by atoms with Gasteiger partial charge in [-0.25, -0.2) is 12.8 Å². The van der Waals surface area contributed by atoms with Gasteiger partial charge in [0.25, 0.3) is 0 Å². The molecule has 0 saturated carbocycles. The van der Waals surface area contributed by atoms with Crippen molar-refractivity contribution in [3.8, 4) is 0 Å². The molecule has 4 aromatic rings. The number of aromatic nitrogens is 1. The molecule has 194 valence electrons. The van der Waals surface area contributed by atoms with Crippen molar-refractivity contribution in [2.24, 2.45) is 0 Å². The second kappa shape index (κ2) is 9.61. The maximum atomic E-state index is 13.8. The number of hydrogen-bond acceptors (Lipinski definition) is 2. The molecule has 0 atom stereocenters. The summed E-state index contributed by atoms with van der Waals surface area (Å²) < 4.78 is 84.0. The minimum Gasteiger partial charge on any atom is -0.340 e. The molecular weight excluding hydrogens is 504 g/mol. The molecule has 0 N–H and O–H groups in total. The lowest BCUT2D eigenvalue weighted by Gasteiger charge is -2.32. The summed E-state index contributed by atoms with van der Waals surface area (Å²) in [6.07, 6.45) is -3.78. The zero-order chi connectivity index (χ0) is 26.4. The number of fused-ring (bicyclic) bond motifs is 1. The molecule has 0 aliphatic carbocycles. The summed E-state index contributed by atoms with van der Waals surface area (Å²) in [4.78, 5) is -0.705. The third-order valence-electron chi connectivity index (χ3n) is 7.18. The lowest BCUT2D eigenvalue weighted by molar-refractivity contribution is -0.139. The Hall–Kier alpha value is -3.17. The van der Waals surface area contributed by atoms with Crippen LogP contribution >= 0.6 is 0 Å². The van der Waals surface area contributed by atoms with Gasteiger partial charge in [-0.05, 0) is 67.1 Å². The van der Waals surface area contributed by atoms with E-state index >= 15 is 0 Å². The molecule has 0 unspecified atom stereocenters. The lowest BCUT2D eigenvalue weighted by atomic mass is 9.88. The highest BCUT2D eigenvalue weighted by Crippen LogP contribution is 2.40. The maximum absolute atomic E-state index is 13.8. The average Bonchev–Trinajstić information content (AvgIpc) is 3.15. The van der Waals surface area contributed by atoms with E-state index in [9.17, 15) is 26.0 Å². The molecule has 4 nitrogen and oxygen atoms in total. The van der Waals surface area contributed by atoms with Crippen LogP contribution in [0.3, 0.4) is 0 Å². The van der Waals surface area contributed by atoms with Crippen LogP contribution in [-0.4, -0.2) is 30.4 Å². The zero-order valence-electron chi connectivity index (χ0n) is 20.2. The van der Waals surface area contributed by atoms with E-state index < -0.39 is 26.7 Å². The van der Waals surface area contributed by atoms with Crippen molar-refractivity contribution in [1.82, 2.24) is 8.87 Å². The fourth-order valence-electron chi connectivity index (χ4n) is 5.44. The fraction of sp³-hybridized carbons (Fsp3) is 0.286. The van der Waals surface area contributed by atoms with Crippen LogP contribution in [0.5, 0.6) is 0 Å². The molecular formula is C28H26F4N2O2S. The molecule has 5 rings (SSSR count). The van der Waals surface area contributed by atoms with E-state index in [0.717, 1.165) is 44.2 Å². The predicted molar refractivity (Wildman–Crippen MR) is 134 cm³/mol. The molecule has 3 aromatic carbocycles. The molecule has 0 spiro atoms. The maximum Gasteiger partial charge on any atom is 0.417 e. The summed E-state index contributed by atoms with van der Waals surface area (Å²) in [6, 6.07) is 18.7. The number of hydrogen-bond donors (Lipinski definition) is 0. The number of benzene rings is 3. The van der Waals surface area contributed by atoms with Crippen LogP contribution in [0, 0.1) is 12.7 Å². The Morgan fingerprint density at radius 3 is 2.30 bits per heavy atom. The van der Waals surface area contributed by atoms with Crippen LogP contribution in [0.15, 0.2) is 77.7 Å². The molecule has 1 aliphatic rings. The van der Waals surface area contributed by atoms with Crippen molar-refractivity contribution >= 4 is 20.9 Å². The zero-order valence-corrected chi connectivity index (χ0v) is 21.0. The molecule has 2 heterocycles. The molecule has 0 bridgehead atoms. The smallest absolute Gasteiger partial charge is 0.340 e. The van der Waals surface area contributed by atoms with E-state index in [4.69, 9.17) is 0 Å². The van der Waals surface area contributed by atoms with Crippen LogP contribution < -0.4 is 0 Å². The van der Waals surface area contributed by atoms with Gasteiger partial charge in [-0.1, -0.05) is 42.5 Å². The van der Waals surface area contributed by atoms with Gasteiger partial charge in [0.05, 0.1) is 10.5 Å². The van der Waals surface area contributed by atoms with Crippen molar-refractivity contribution in [2.45, 2.75) is 43.3 Å². The van der Waals surface area contributed by atoms with Gasteiger partial charge >= 0.3 is 6.18 Å². The van der Waals surface area contributed by atoms with Crippen molar-refractivity contribution in [1.29, 1.82) is 0 Å². The number of piperidine rings is 1. The number of para-hydroxylation sites is 1. The van der Waals surface area contributed by atoms with E-state index in [1.165, 1.54) is 24.3 Å². The van der Waals surface area contributed by atoms with E-state index in [0.29, 0.717) is 19.4 Å². The number of halogens is 4. The van der Waals surface area contributed by atoms with Gasteiger partial charge in [-0.3, -0.25) is 0 Å². The first-order valence-corrected chi connectivity index (χ1v) is 13.5. The van der Waals surface area contributed by atoms with Gasteiger partial charge in [0.15, 0.2) is 0 Å². The van der Waals surface area contributed by atoms with Crippen LogP contribution in [0.2, 0.25) is 0 Å². The summed E-state index contributed by atoms with van der Waals surface area (Å²) >= 11 is 0. The first-order chi connectivity index (χ1) is 17.6. The summed E-state index contributed by atoms with van der Waals surface area (Å²) in [6.45, 7) is 2.76. The number of alkyl halides is 3. The monoisotopic (exact) mass is 530 g/mol. The molecule has 37 heavy (non-hydrogen) atoms. The molecule has 1 fully saturated rings. The van der Waals surface area contributed by atoms with E-state index in [1.54, 1.807) is 6.07 Å². The van der Waals surface area contributed by atoms with E-state index in [2.05, 4.69) is 4.57 Å². The first kappa shape index (κ1) is 25.5. The fourth-order valence-corrected chi connectivity index (χ4v) is 7.13. The Morgan fingerprint density at radius 1 is 0.919 bits per heavy atom. The number of sulfonamides is 1. The summed E-state index contributed by atoms with van der Waals surface area (Å²) in [7, 11) is -4.30. The highest BCUT2D eigenvalue weighted by molar-refractivity contribution is 7.89. The third kappa shape index (κ3) is 4.78. The number of nitrogens with zero attached hydrogens (tertiary/aromatic N) is 2. The highest BCUT2D eigenvalue weighted by Gasteiger charge is 2.40. The second-order valence-electron chi connectivity index (χ2n) is 9.40. The average molecular weight is 531 g/mol. The van der Waals surface area contributed by atoms with Crippen molar-refractivity contribution in [3.05, 3.63) is 101 Å². The second-order valence-corrected chi connectivity index (χ2v) is 11.3. The normalized spacial score (nSPS) is 15.9. The molecule has 0 radical (unpaired) electrons. The van der Waals surface area contributed by atoms with E-state index in [1.807, 2.05) is 37.3 Å². The number of rotatable bonds is 5. The molecule has 0 amide bonds. The first-order valence-electron chi connectivity index (χ1n) is 12.1. The van der Waals surface area contributed by atoms with Crippen LogP contribution in [0.25, 0.3) is 10.9 Å². The van der Waals surface area contributed by atoms with E-state index in [-0.39, 0.29) is 24.8 Å². The van der Waals surface area contributed by atoms with Gasteiger partial charge in [-0.15, -0.1) is 0 Å². The van der Waals surface area contributed by atoms with Crippen molar-refractivity contribution in [2.75, 3.05) is 13.1 Å².